The largest absolute Gasteiger partial charge is 0.507 e. The van der Waals surface area contributed by atoms with E-state index in [1.165, 1.54) is 18.2 Å². The van der Waals surface area contributed by atoms with Gasteiger partial charge in [-0.15, -0.1) is 0 Å². The van der Waals surface area contributed by atoms with Gasteiger partial charge in [-0.3, -0.25) is 14.6 Å². The fourth-order valence-corrected chi connectivity index (χ4v) is 2.11. The van der Waals surface area contributed by atoms with Crippen molar-refractivity contribution in [1.82, 2.24) is 15.7 Å². The van der Waals surface area contributed by atoms with Crippen LogP contribution >= 0.6 is 11.6 Å². The highest BCUT2D eigenvalue weighted by Gasteiger charge is 2.11. The zero-order valence-corrected chi connectivity index (χ0v) is 14.2. The lowest BCUT2D eigenvalue weighted by Gasteiger charge is -2.06. The predicted molar refractivity (Wildman–Crippen MR) is 94.4 cm³/mol. The van der Waals surface area contributed by atoms with Crippen molar-refractivity contribution in [3.8, 4) is 5.75 Å². The summed E-state index contributed by atoms with van der Waals surface area (Å²) in [5.74, 6) is -1.05. The van der Waals surface area contributed by atoms with Crippen LogP contribution in [0.4, 0.5) is 0 Å². The van der Waals surface area contributed by atoms with Crippen LogP contribution < -0.4 is 10.7 Å². The molecule has 0 atom stereocenters. The van der Waals surface area contributed by atoms with Crippen LogP contribution in [0.15, 0.2) is 47.8 Å². The van der Waals surface area contributed by atoms with Gasteiger partial charge in [0.05, 0.1) is 12.0 Å². The Bertz CT molecular complexity index is 794. The molecule has 3 N–H and O–H groups in total. The third-order valence-corrected chi connectivity index (χ3v) is 3.42. The number of nitrogens with one attached hydrogen (secondary N) is 2. The maximum absolute atomic E-state index is 12.0. The van der Waals surface area contributed by atoms with Crippen molar-refractivity contribution < 1.29 is 14.7 Å². The topological polar surface area (TPSA) is 104 Å². The van der Waals surface area contributed by atoms with Crippen LogP contribution in [0.5, 0.6) is 5.75 Å². The molecule has 0 aliphatic rings. The third kappa shape index (κ3) is 5.89. The maximum Gasteiger partial charge on any atom is 0.275 e. The van der Waals surface area contributed by atoms with Gasteiger partial charge in [-0.2, -0.15) is 5.10 Å². The molecule has 8 heteroatoms. The number of amides is 2. The molecular weight excluding hydrogens is 344 g/mol. The number of carbonyl (C=O) groups is 2. The first-order valence-electron chi connectivity index (χ1n) is 7.43. The number of aromatic hydroxyl groups is 1. The van der Waals surface area contributed by atoms with Gasteiger partial charge in [-0.25, -0.2) is 5.43 Å². The summed E-state index contributed by atoms with van der Waals surface area (Å²) < 4.78 is 0. The molecule has 0 fully saturated rings. The molecule has 0 radical (unpaired) electrons. The van der Waals surface area contributed by atoms with E-state index in [4.69, 9.17) is 11.6 Å². The lowest BCUT2D eigenvalue weighted by Crippen LogP contribution is -2.26. The summed E-state index contributed by atoms with van der Waals surface area (Å²) in [6.07, 6.45) is 3.35. The van der Waals surface area contributed by atoms with Crippen molar-refractivity contribution in [2.75, 3.05) is 0 Å². The summed E-state index contributed by atoms with van der Waals surface area (Å²) >= 11 is 5.79. The number of carbonyl (C=O) groups excluding carboxylic acids is 2. The fourth-order valence-electron chi connectivity index (χ4n) is 1.93. The first-order chi connectivity index (χ1) is 12.0. The van der Waals surface area contributed by atoms with E-state index in [2.05, 4.69) is 20.8 Å². The number of aromatic nitrogens is 1. The zero-order valence-electron chi connectivity index (χ0n) is 13.5. The molecule has 25 heavy (non-hydrogen) atoms. The van der Waals surface area contributed by atoms with Gasteiger partial charge in [0.25, 0.3) is 5.91 Å². The lowest BCUT2D eigenvalue weighted by atomic mass is 10.2. The molecule has 2 amide bonds. The van der Waals surface area contributed by atoms with Crippen LogP contribution in [-0.2, 0) is 11.3 Å². The summed E-state index contributed by atoms with van der Waals surface area (Å²) in [5, 5.41) is 16.6. The molecule has 0 aliphatic carbocycles. The number of halogens is 1. The van der Waals surface area contributed by atoms with Gasteiger partial charge < -0.3 is 10.4 Å². The van der Waals surface area contributed by atoms with Gasteiger partial charge in [0, 0.05) is 29.7 Å². The monoisotopic (exact) mass is 360 g/mol. The van der Waals surface area contributed by atoms with E-state index >= 15 is 0 Å². The van der Waals surface area contributed by atoms with Crippen LogP contribution in [0.1, 0.15) is 29.3 Å². The molecule has 0 saturated carbocycles. The van der Waals surface area contributed by atoms with Crippen molar-refractivity contribution in [1.29, 1.82) is 0 Å². The Kier molecular flexibility index (Phi) is 6.47. The van der Waals surface area contributed by atoms with E-state index in [1.54, 1.807) is 25.4 Å². The number of benzene rings is 1. The van der Waals surface area contributed by atoms with E-state index in [9.17, 15) is 14.7 Å². The second-order valence-corrected chi connectivity index (χ2v) is 5.70. The molecule has 0 aliphatic heterocycles. The summed E-state index contributed by atoms with van der Waals surface area (Å²) in [7, 11) is 0. The molecule has 0 saturated heterocycles. The van der Waals surface area contributed by atoms with Gasteiger partial charge in [-0.1, -0.05) is 17.7 Å². The number of phenols is 1. The molecule has 2 aromatic rings. The number of nitrogens with zero attached hydrogens (tertiary/aromatic N) is 2. The Morgan fingerprint density at radius 2 is 2.12 bits per heavy atom. The molecule has 7 nitrogen and oxygen atoms in total. The SMILES string of the molecule is C/C(CC(=O)NCc1cccnc1)=N/NC(=O)c1cc(Cl)ccc1O. The Morgan fingerprint density at radius 3 is 2.84 bits per heavy atom. The first kappa shape index (κ1) is 18.4. The summed E-state index contributed by atoms with van der Waals surface area (Å²) in [4.78, 5) is 27.8. The number of hydrogen-bond acceptors (Lipinski definition) is 5. The third-order valence-electron chi connectivity index (χ3n) is 3.18. The standard InChI is InChI=1S/C17H17ClN4O3/c1-11(7-16(24)20-10-12-3-2-6-19-9-12)21-22-17(25)14-8-13(18)4-5-15(14)23/h2-6,8-9,23H,7,10H2,1H3,(H,20,24)(H,22,25)/b21-11-. The van der Waals surface area contributed by atoms with Crippen molar-refractivity contribution in [2.45, 2.75) is 19.9 Å². The lowest BCUT2D eigenvalue weighted by molar-refractivity contribution is -0.120. The highest BCUT2D eigenvalue weighted by Crippen LogP contribution is 2.21. The second kappa shape index (κ2) is 8.79. The molecule has 0 spiro atoms. The van der Waals surface area contributed by atoms with Crippen molar-refractivity contribution in [3.63, 3.8) is 0 Å². The molecule has 1 aromatic carbocycles. The quantitative estimate of drug-likeness (QED) is 0.543. The summed E-state index contributed by atoms with van der Waals surface area (Å²) in [6, 6.07) is 7.76. The Labute approximate surface area is 149 Å². The normalized spacial score (nSPS) is 11.0. The van der Waals surface area contributed by atoms with Gasteiger partial charge >= 0.3 is 0 Å². The highest BCUT2D eigenvalue weighted by molar-refractivity contribution is 6.31. The summed E-state index contributed by atoms with van der Waals surface area (Å²) in [6.45, 7) is 1.98. The van der Waals surface area contributed by atoms with E-state index in [-0.39, 0.29) is 23.6 Å². The van der Waals surface area contributed by atoms with E-state index < -0.39 is 5.91 Å². The second-order valence-electron chi connectivity index (χ2n) is 5.26. The zero-order chi connectivity index (χ0) is 18.2. The smallest absolute Gasteiger partial charge is 0.275 e. The average Bonchev–Trinajstić information content (AvgIpc) is 2.61. The van der Waals surface area contributed by atoms with Crippen LogP contribution in [0, 0.1) is 0 Å². The van der Waals surface area contributed by atoms with Crippen molar-refractivity contribution in [3.05, 3.63) is 58.9 Å². The minimum atomic E-state index is -0.616. The molecule has 2 rings (SSSR count). The van der Waals surface area contributed by atoms with Crippen LogP contribution in [0.3, 0.4) is 0 Å². The average molecular weight is 361 g/mol. The number of hydrogen-bond donors (Lipinski definition) is 3. The molecule has 0 unspecified atom stereocenters. The maximum atomic E-state index is 12.0. The number of rotatable bonds is 6. The van der Waals surface area contributed by atoms with Crippen LogP contribution in [0.2, 0.25) is 5.02 Å². The predicted octanol–water partition coefficient (Wildman–Crippen LogP) is 2.25. The molecule has 1 heterocycles. The fraction of sp³-hybridized carbons (Fsp3) is 0.176. The molecule has 1 aromatic heterocycles. The number of hydrazone groups is 1. The van der Waals surface area contributed by atoms with E-state index in [0.717, 1.165) is 5.56 Å². The Balaban J connectivity index is 1.85. The minimum Gasteiger partial charge on any atom is -0.507 e. The first-order valence-corrected chi connectivity index (χ1v) is 7.81. The van der Waals surface area contributed by atoms with E-state index in [0.29, 0.717) is 17.3 Å². The Morgan fingerprint density at radius 1 is 1.32 bits per heavy atom. The molecule has 0 bridgehead atoms. The van der Waals surface area contributed by atoms with E-state index in [1.807, 2.05) is 6.07 Å². The van der Waals surface area contributed by atoms with Crippen molar-refractivity contribution >= 4 is 29.1 Å². The number of pyridine rings is 1. The molecular formula is C17H17ClN4O3. The Hall–Kier alpha value is -2.93. The van der Waals surface area contributed by atoms with Crippen LogP contribution in [0.25, 0.3) is 0 Å². The summed E-state index contributed by atoms with van der Waals surface area (Å²) in [5.41, 5.74) is 3.59. The van der Waals surface area contributed by atoms with Gasteiger partial charge in [0.15, 0.2) is 0 Å². The minimum absolute atomic E-state index is 0.00470. The molecule has 130 valence electrons. The van der Waals surface area contributed by atoms with Crippen molar-refractivity contribution in [2.24, 2.45) is 5.10 Å². The van der Waals surface area contributed by atoms with Gasteiger partial charge in [0.1, 0.15) is 5.75 Å². The highest BCUT2D eigenvalue weighted by atomic mass is 35.5. The number of phenolic OH excluding ortho intramolecular Hbond substituents is 1. The van der Waals surface area contributed by atoms with Crippen LogP contribution in [-0.4, -0.2) is 27.6 Å². The van der Waals surface area contributed by atoms with Gasteiger partial charge in [-0.05, 0) is 36.8 Å². The van der Waals surface area contributed by atoms with Gasteiger partial charge in [0.2, 0.25) is 5.91 Å².